The van der Waals surface area contributed by atoms with E-state index in [1.54, 1.807) is 19.6 Å². The molecule has 0 bridgehead atoms. The number of rotatable bonds is 14. The second-order valence-electron chi connectivity index (χ2n) is 12.0. The van der Waals surface area contributed by atoms with Gasteiger partial charge in [-0.25, -0.2) is 19.2 Å². The van der Waals surface area contributed by atoms with E-state index < -0.39 is 12.2 Å². The molecule has 16 heteroatoms. The Kier molecular flexibility index (Phi) is 16.8. The number of piperazine rings is 2. The zero-order valence-electron chi connectivity index (χ0n) is 29.6. The second kappa shape index (κ2) is 22.0. The van der Waals surface area contributed by atoms with Gasteiger partial charge >= 0.3 is 24.2 Å². The molecule has 2 fully saturated rings. The first-order valence-corrected chi connectivity index (χ1v) is 17.4. The molecule has 0 unspecified atom stereocenters. The van der Waals surface area contributed by atoms with Gasteiger partial charge in [-0.2, -0.15) is 0 Å². The molecule has 2 aromatic carbocycles. The number of nitrogens with zero attached hydrogens (tertiary/aromatic N) is 4. The van der Waals surface area contributed by atoms with E-state index in [-0.39, 0.29) is 51.7 Å². The number of hydrogen-bond donors (Lipinski definition) is 4. The molecule has 4 rings (SSSR count). The number of nitrogens with two attached hydrogens (primary N) is 2. The van der Waals surface area contributed by atoms with Crippen LogP contribution in [0.25, 0.3) is 0 Å². The highest BCUT2D eigenvalue weighted by atomic mass is 16.6. The van der Waals surface area contributed by atoms with Crippen molar-refractivity contribution < 1.29 is 38.1 Å². The van der Waals surface area contributed by atoms with E-state index >= 15 is 0 Å². The summed E-state index contributed by atoms with van der Waals surface area (Å²) >= 11 is 0. The van der Waals surface area contributed by atoms with Crippen LogP contribution in [0.15, 0.2) is 48.5 Å². The summed E-state index contributed by atoms with van der Waals surface area (Å²) in [5, 5.41) is 5.81. The van der Waals surface area contributed by atoms with Crippen molar-refractivity contribution in [3.8, 4) is 11.8 Å². The molecule has 0 saturated carbocycles. The maximum atomic E-state index is 12.5. The first-order chi connectivity index (χ1) is 25.4. The average Bonchev–Trinajstić information content (AvgIpc) is 3.19. The summed E-state index contributed by atoms with van der Waals surface area (Å²) in [4.78, 5) is 56.2. The third-order valence-corrected chi connectivity index (χ3v) is 8.43. The minimum Gasteiger partial charge on any atom is -0.447 e. The number of nitrogens with one attached hydrogen (secondary N) is 2. The predicted octanol–water partition coefficient (Wildman–Crippen LogP) is 1.27. The smallest absolute Gasteiger partial charge is 0.409 e. The quantitative estimate of drug-likeness (QED) is 0.163. The van der Waals surface area contributed by atoms with Gasteiger partial charge in [0.1, 0.15) is 26.4 Å². The highest BCUT2D eigenvalue weighted by molar-refractivity contribution is 5.75. The summed E-state index contributed by atoms with van der Waals surface area (Å²) in [6.07, 6.45) is -0.897. The van der Waals surface area contributed by atoms with E-state index in [0.717, 1.165) is 22.3 Å². The molecule has 52 heavy (non-hydrogen) atoms. The van der Waals surface area contributed by atoms with E-state index in [1.807, 2.05) is 48.5 Å². The summed E-state index contributed by atoms with van der Waals surface area (Å²) in [7, 11) is 0. The fourth-order valence-corrected chi connectivity index (χ4v) is 5.26. The Labute approximate surface area is 304 Å². The number of benzene rings is 2. The first kappa shape index (κ1) is 39.7. The highest BCUT2D eigenvalue weighted by Crippen LogP contribution is 2.08. The van der Waals surface area contributed by atoms with Gasteiger partial charge in [0.05, 0.1) is 13.2 Å². The number of hydrogen-bond acceptors (Lipinski definition) is 10. The van der Waals surface area contributed by atoms with Gasteiger partial charge in [0.2, 0.25) is 0 Å². The van der Waals surface area contributed by atoms with Gasteiger partial charge in [0, 0.05) is 78.5 Å². The molecule has 0 spiro atoms. The van der Waals surface area contributed by atoms with Crippen LogP contribution in [0.4, 0.5) is 19.2 Å². The molecule has 0 atom stereocenters. The maximum absolute atomic E-state index is 12.5. The normalized spacial score (nSPS) is 14.3. The van der Waals surface area contributed by atoms with Crippen LogP contribution < -0.4 is 22.1 Å². The number of amides is 6. The van der Waals surface area contributed by atoms with Gasteiger partial charge in [-0.15, -0.1) is 0 Å². The Hall–Kier alpha value is -5.08. The van der Waals surface area contributed by atoms with Crippen LogP contribution in [0.5, 0.6) is 0 Å². The fourth-order valence-electron chi connectivity index (χ4n) is 5.26. The molecular formula is C36H50N8O8. The van der Waals surface area contributed by atoms with E-state index in [1.165, 1.54) is 0 Å². The molecule has 2 heterocycles. The molecule has 2 aliphatic rings. The minimum absolute atomic E-state index is 0.0825. The van der Waals surface area contributed by atoms with Crippen molar-refractivity contribution in [1.82, 2.24) is 30.2 Å². The van der Waals surface area contributed by atoms with Crippen LogP contribution >= 0.6 is 0 Å². The molecule has 6 amide bonds. The molecule has 16 nitrogen and oxygen atoms in total. The zero-order chi connectivity index (χ0) is 37.0. The lowest BCUT2D eigenvalue weighted by atomic mass is 10.1. The largest absolute Gasteiger partial charge is 0.447 e. The topological polar surface area (TPSA) is 194 Å². The third kappa shape index (κ3) is 13.6. The van der Waals surface area contributed by atoms with E-state index in [4.69, 9.17) is 30.4 Å². The molecule has 2 saturated heterocycles. The molecular weight excluding hydrogens is 672 g/mol. The number of carbonyl (C=O) groups excluding carboxylic acids is 4. The predicted molar refractivity (Wildman–Crippen MR) is 192 cm³/mol. The van der Waals surface area contributed by atoms with Gasteiger partial charge < -0.3 is 60.6 Å². The van der Waals surface area contributed by atoms with Gasteiger partial charge in [-0.05, 0) is 22.3 Å². The standard InChI is InChI=1S/C36H50N8O8/c37-25-29-3-7-31(8-4-29)27-39-33(45)41-11-15-43(16-12-41)35(47)51-23-21-49-19-1-2-20-50-22-24-52-36(48)44-17-13-42(14-18-44)34(46)40-28-32-9-5-30(26-38)6-10-32/h3-10H,11-28,37-38H2,(H,39,45)(H,40,46). The Balaban J connectivity index is 0.943. The Morgan fingerprint density at radius 3 is 1.19 bits per heavy atom. The van der Waals surface area contributed by atoms with E-state index in [2.05, 4.69) is 22.5 Å². The summed E-state index contributed by atoms with van der Waals surface area (Å²) < 4.78 is 21.3. The van der Waals surface area contributed by atoms with Crippen LogP contribution in [0, 0.1) is 11.8 Å². The van der Waals surface area contributed by atoms with Crippen LogP contribution in [-0.4, -0.2) is 136 Å². The maximum Gasteiger partial charge on any atom is 0.409 e. The summed E-state index contributed by atoms with van der Waals surface area (Å²) in [5.41, 5.74) is 15.3. The SMILES string of the molecule is NCc1ccc(CNC(=O)N2CCN(C(=O)OCCOCC#CCOCCOC(=O)N3CCN(C(=O)NCc4ccc(CN)cc4)CC3)CC2)cc1. The molecule has 282 valence electrons. The molecule has 6 N–H and O–H groups in total. The number of carbonyl (C=O) groups is 4. The summed E-state index contributed by atoms with van der Waals surface area (Å²) in [6.45, 7) is 5.80. The van der Waals surface area contributed by atoms with E-state index in [9.17, 15) is 19.2 Å². The Morgan fingerprint density at radius 1 is 0.519 bits per heavy atom. The van der Waals surface area contributed by atoms with Crippen molar-refractivity contribution in [3.63, 3.8) is 0 Å². The molecule has 0 aromatic heterocycles. The van der Waals surface area contributed by atoms with Crippen molar-refractivity contribution in [3.05, 3.63) is 70.8 Å². The average molecular weight is 723 g/mol. The summed E-state index contributed by atoms with van der Waals surface area (Å²) in [5.74, 6) is 5.62. The van der Waals surface area contributed by atoms with Crippen LogP contribution in [-0.2, 0) is 45.1 Å². The van der Waals surface area contributed by atoms with Crippen LogP contribution in [0.3, 0.4) is 0 Å². The Bertz CT molecular complexity index is 1370. The van der Waals surface area contributed by atoms with E-state index in [0.29, 0.717) is 78.5 Å². The monoisotopic (exact) mass is 722 g/mol. The van der Waals surface area contributed by atoms with Gasteiger partial charge in [-0.3, -0.25) is 0 Å². The summed E-state index contributed by atoms with van der Waals surface area (Å²) in [6, 6.07) is 15.2. The van der Waals surface area contributed by atoms with Gasteiger partial charge in [0.15, 0.2) is 0 Å². The lowest BCUT2D eigenvalue weighted by Gasteiger charge is -2.34. The molecule has 0 radical (unpaired) electrons. The molecule has 0 aliphatic carbocycles. The van der Waals surface area contributed by atoms with Crippen LogP contribution in [0.2, 0.25) is 0 Å². The zero-order valence-corrected chi connectivity index (χ0v) is 29.6. The molecule has 2 aliphatic heterocycles. The van der Waals surface area contributed by atoms with Crippen molar-refractivity contribution in [2.24, 2.45) is 11.5 Å². The van der Waals surface area contributed by atoms with Crippen molar-refractivity contribution in [2.45, 2.75) is 26.2 Å². The second-order valence-corrected chi connectivity index (χ2v) is 12.0. The van der Waals surface area contributed by atoms with Gasteiger partial charge in [0.25, 0.3) is 0 Å². The number of urea groups is 2. The highest BCUT2D eigenvalue weighted by Gasteiger charge is 2.26. The lowest BCUT2D eigenvalue weighted by Crippen LogP contribution is -2.53. The first-order valence-electron chi connectivity index (χ1n) is 17.4. The van der Waals surface area contributed by atoms with Crippen LogP contribution in [0.1, 0.15) is 22.3 Å². The fraction of sp³-hybridized carbons (Fsp3) is 0.500. The number of ether oxygens (including phenoxy) is 4. The van der Waals surface area contributed by atoms with Crippen molar-refractivity contribution in [1.29, 1.82) is 0 Å². The molecule has 2 aromatic rings. The van der Waals surface area contributed by atoms with Gasteiger partial charge in [-0.1, -0.05) is 60.4 Å². The Morgan fingerprint density at radius 2 is 0.846 bits per heavy atom. The van der Waals surface area contributed by atoms with Crippen molar-refractivity contribution >= 4 is 24.2 Å². The minimum atomic E-state index is -0.449. The van der Waals surface area contributed by atoms with Crippen molar-refractivity contribution in [2.75, 3.05) is 92.0 Å². The third-order valence-electron chi connectivity index (χ3n) is 8.43. The lowest BCUT2D eigenvalue weighted by molar-refractivity contribution is 0.0532.